The zero-order valence-corrected chi connectivity index (χ0v) is 10.9. The molecule has 2 rings (SSSR count). The van der Waals surface area contributed by atoms with Crippen molar-refractivity contribution in [1.29, 1.82) is 0 Å². The maximum atomic E-state index is 12.2. The predicted molar refractivity (Wildman–Crippen MR) is 71.8 cm³/mol. The summed E-state index contributed by atoms with van der Waals surface area (Å²) in [6.07, 6.45) is 1.88. The van der Waals surface area contributed by atoms with E-state index in [0.29, 0.717) is 11.4 Å². The first-order valence-electron chi connectivity index (χ1n) is 5.89. The molecule has 4 nitrogen and oxygen atoms in total. The minimum absolute atomic E-state index is 0.0670. The van der Waals surface area contributed by atoms with Gasteiger partial charge in [0.2, 0.25) is 0 Å². The Bertz CT molecular complexity index is 564. The third-order valence-electron chi connectivity index (χ3n) is 2.78. The molecular formula is C15H15NO3. The Morgan fingerprint density at radius 2 is 1.84 bits per heavy atom. The predicted octanol–water partition coefficient (Wildman–Crippen LogP) is 2.52. The van der Waals surface area contributed by atoms with Crippen molar-refractivity contribution < 1.29 is 14.3 Å². The fourth-order valence-corrected chi connectivity index (χ4v) is 1.78. The number of pyridine rings is 1. The van der Waals surface area contributed by atoms with Gasteiger partial charge in [0.1, 0.15) is 17.2 Å². The zero-order chi connectivity index (χ0) is 13.7. The molecule has 4 heteroatoms. The Morgan fingerprint density at radius 1 is 1.11 bits per heavy atom. The van der Waals surface area contributed by atoms with Crippen molar-refractivity contribution in [2.24, 2.45) is 0 Å². The van der Waals surface area contributed by atoms with Crippen LogP contribution >= 0.6 is 0 Å². The van der Waals surface area contributed by atoms with E-state index in [0.717, 1.165) is 11.3 Å². The molecule has 1 heterocycles. The largest absolute Gasteiger partial charge is 0.497 e. The quantitative estimate of drug-likeness (QED) is 0.772. The molecule has 0 bridgehead atoms. The van der Waals surface area contributed by atoms with Crippen LogP contribution in [0.3, 0.4) is 0 Å². The molecule has 0 atom stereocenters. The smallest absolute Gasteiger partial charge is 0.189 e. The third kappa shape index (κ3) is 3.10. The van der Waals surface area contributed by atoms with Gasteiger partial charge in [-0.3, -0.25) is 4.79 Å². The van der Waals surface area contributed by atoms with Gasteiger partial charge in [-0.1, -0.05) is 12.1 Å². The number of ketones is 1. The van der Waals surface area contributed by atoms with Crippen molar-refractivity contribution in [3.63, 3.8) is 0 Å². The van der Waals surface area contributed by atoms with Gasteiger partial charge in [0, 0.05) is 12.6 Å². The molecule has 0 saturated heterocycles. The van der Waals surface area contributed by atoms with Crippen molar-refractivity contribution in [3.8, 4) is 11.5 Å². The van der Waals surface area contributed by atoms with Crippen LogP contribution in [0.4, 0.5) is 0 Å². The highest BCUT2D eigenvalue weighted by atomic mass is 16.5. The van der Waals surface area contributed by atoms with Crippen LogP contribution < -0.4 is 9.47 Å². The number of Topliss-reactive ketones (excluding diaryl/α,β-unsaturated/α-hetero) is 1. The molecule has 98 valence electrons. The van der Waals surface area contributed by atoms with Gasteiger partial charge in [-0.05, 0) is 29.8 Å². The second-order valence-electron chi connectivity index (χ2n) is 4.00. The lowest BCUT2D eigenvalue weighted by Gasteiger charge is -2.06. The highest BCUT2D eigenvalue weighted by molar-refractivity contribution is 5.98. The minimum Gasteiger partial charge on any atom is -0.497 e. The summed E-state index contributed by atoms with van der Waals surface area (Å²) in [5, 5.41) is 0. The number of carbonyl (C=O) groups is 1. The molecular weight excluding hydrogens is 242 g/mol. The second-order valence-corrected chi connectivity index (χ2v) is 4.00. The van der Waals surface area contributed by atoms with Crippen LogP contribution in [0.2, 0.25) is 0 Å². The molecule has 0 unspecified atom stereocenters. The van der Waals surface area contributed by atoms with Crippen molar-refractivity contribution in [2.45, 2.75) is 6.42 Å². The second kappa shape index (κ2) is 6.00. The van der Waals surface area contributed by atoms with Crippen LogP contribution in [-0.2, 0) is 6.42 Å². The molecule has 2 aromatic rings. The summed E-state index contributed by atoms with van der Waals surface area (Å²) in [5.74, 6) is 1.20. The van der Waals surface area contributed by atoms with Crippen LogP contribution in [0.5, 0.6) is 11.5 Å². The molecule has 0 N–H and O–H groups in total. The van der Waals surface area contributed by atoms with E-state index in [1.165, 1.54) is 7.11 Å². The number of aromatic nitrogens is 1. The third-order valence-corrected chi connectivity index (χ3v) is 2.78. The average Bonchev–Trinajstić information content (AvgIpc) is 2.48. The van der Waals surface area contributed by atoms with Crippen molar-refractivity contribution in [1.82, 2.24) is 4.98 Å². The summed E-state index contributed by atoms with van der Waals surface area (Å²) in [6, 6.07) is 10.9. The molecule has 0 fully saturated rings. The SMILES string of the molecule is COc1ccc(CC(=O)c2ncccc2OC)cc1. The Balaban J connectivity index is 2.16. The topological polar surface area (TPSA) is 48.4 Å². The molecule has 0 aliphatic rings. The maximum Gasteiger partial charge on any atom is 0.189 e. The summed E-state index contributed by atoms with van der Waals surface area (Å²) in [5.41, 5.74) is 1.28. The van der Waals surface area contributed by atoms with E-state index in [1.54, 1.807) is 25.4 Å². The number of methoxy groups -OCH3 is 2. The van der Waals surface area contributed by atoms with Gasteiger partial charge in [-0.25, -0.2) is 4.98 Å². The normalized spacial score (nSPS) is 10.0. The first-order valence-corrected chi connectivity index (χ1v) is 5.89. The van der Waals surface area contributed by atoms with E-state index in [1.807, 2.05) is 24.3 Å². The number of carbonyl (C=O) groups excluding carboxylic acids is 1. The van der Waals surface area contributed by atoms with Crippen molar-refractivity contribution in [3.05, 3.63) is 53.9 Å². The minimum atomic E-state index is -0.0670. The van der Waals surface area contributed by atoms with Crippen LogP contribution in [0.1, 0.15) is 16.1 Å². The van der Waals surface area contributed by atoms with Crippen LogP contribution in [0.15, 0.2) is 42.6 Å². The van der Waals surface area contributed by atoms with Crippen molar-refractivity contribution >= 4 is 5.78 Å². The Kier molecular flexibility index (Phi) is 4.13. The van der Waals surface area contributed by atoms with Crippen LogP contribution in [-0.4, -0.2) is 25.0 Å². The van der Waals surface area contributed by atoms with Crippen LogP contribution in [0, 0.1) is 0 Å². The van der Waals surface area contributed by atoms with E-state index in [2.05, 4.69) is 4.98 Å². The summed E-state index contributed by atoms with van der Waals surface area (Å²) in [6.45, 7) is 0. The number of hydrogen-bond acceptors (Lipinski definition) is 4. The molecule has 0 aliphatic heterocycles. The number of rotatable bonds is 5. The summed E-state index contributed by atoms with van der Waals surface area (Å²) < 4.78 is 10.2. The molecule has 0 radical (unpaired) electrons. The van der Waals surface area contributed by atoms with Gasteiger partial charge >= 0.3 is 0 Å². The molecule has 0 saturated carbocycles. The Hall–Kier alpha value is -2.36. The van der Waals surface area contributed by atoms with Gasteiger partial charge < -0.3 is 9.47 Å². The standard InChI is InChI=1S/C15H15NO3/c1-18-12-7-5-11(6-8-12)10-13(17)15-14(19-2)4-3-9-16-15/h3-9H,10H2,1-2H3. The summed E-state index contributed by atoms with van der Waals surface area (Å²) >= 11 is 0. The van der Waals surface area contributed by atoms with Gasteiger partial charge in [-0.2, -0.15) is 0 Å². The number of hydrogen-bond donors (Lipinski definition) is 0. The Labute approximate surface area is 112 Å². The van der Waals surface area contributed by atoms with Gasteiger partial charge in [0.05, 0.1) is 14.2 Å². The van der Waals surface area contributed by atoms with E-state index in [9.17, 15) is 4.79 Å². The molecule has 1 aromatic carbocycles. The van der Waals surface area contributed by atoms with E-state index in [4.69, 9.17) is 9.47 Å². The van der Waals surface area contributed by atoms with Gasteiger partial charge in [0.15, 0.2) is 5.78 Å². The number of nitrogens with zero attached hydrogens (tertiary/aromatic N) is 1. The van der Waals surface area contributed by atoms with Gasteiger partial charge in [0.25, 0.3) is 0 Å². The molecule has 0 aliphatic carbocycles. The maximum absolute atomic E-state index is 12.2. The average molecular weight is 257 g/mol. The zero-order valence-electron chi connectivity index (χ0n) is 10.9. The summed E-state index contributed by atoms with van der Waals surface area (Å²) in [7, 11) is 3.14. The molecule has 0 spiro atoms. The first-order chi connectivity index (χ1) is 9.24. The molecule has 1 aromatic heterocycles. The lowest BCUT2D eigenvalue weighted by molar-refractivity contribution is 0.0985. The van der Waals surface area contributed by atoms with Crippen molar-refractivity contribution in [2.75, 3.05) is 14.2 Å². The monoisotopic (exact) mass is 257 g/mol. The summed E-state index contributed by atoms with van der Waals surface area (Å²) in [4.78, 5) is 16.3. The van der Waals surface area contributed by atoms with E-state index < -0.39 is 0 Å². The number of benzene rings is 1. The van der Waals surface area contributed by atoms with E-state index in [-0.39, 0.29) is 12.2 Å². The fourth-order valence-electron chi connectivity index (χ4n) is 1.78. The van der Waals surface area contributed by atoms with Crippen LogP contribution in [0.25, 0.3) is 0 Å². The highest BCUT2D eigenvalue weighted by Gasteiger charge is 2.13. The molecule has 0 amide bonds. The Morgan fingerprint density at radius 3 is 2.47 bits per heavy atom. The fraction of sp³-hybridized carbons (Fsp3) is 0.200. The number of ether oxygens (including phenoxy) is 2. The lowest BCUT2D eigenvalue weighted by Crippen LogP contribution is -2.08. The molecule has 19 heavy (non-hydrogen) atoms. The first kappa shape index (κ1) is 13.1. The highest BCUT2D eigenvalue weighted by Crippen LogP contribution is 2.18. The van der Waals surface area contributed by atoms with Gasteiger partial charge in [-0.15, -0.1) is 0 Å². The van der Waals surface area contributed by atoms with E-state index >= 15 is 0 Å². The lowest BCUT2D eigenvalue weighted by atomic mass is 10.1.